The van der Waals surface area contributed by atoms with Crippen molar-refractivity contribution in [3.63, 3.8) is 0 Å². The second kappa shape index (κ2) is 50.1. The summed E-state index contributed by atoms with van der Waals surface area (Å²) in [5.74, 6) is -0.899. The van der Waals surface area contributed by atoms with Crippen LogP contribution in [0.15, 0.2) is 0 Å². The largest absolute Gasteiger partial charge is 0.462 e. The first-order valence-electron chi connectivity index (χ1n) is 32.6. The van der Waals surface area contributed by atoms with E-state index in [0.29, 0.717) is 12.8 Å². The van der Waals surface area contributed by atoms with E-state index in [0.717, 1.165) is 38.5 Å². The molecule has 2 rings (SSSR count). The molecule has 2 heterocycles. The van der Waals surface area contributed by atoms with Crippen LogP contribution in [0.25, 0.3) is 0 Å². The van der Waals surface area contributed by atoms with Gasteiger partial charge in [0, 0.05) is 12.8 Å². The monoisotopic (exact) mass is 1120 g/mol. The van der Waals surface area contributed by atoms with Gasteiger partial charge in [-0.25, -0.2) is 0 Å². The Morgan fingerprint density at radius 3 is 1.00 bits per heavy atom. The number of esters is 2. The Bertz CT molecular complexity index is 1360. The lowest BCUT2D eigenvalue weighted by Crippen LogP contribution is -2.61. The van der Waals surface area contributed by atoms with Gasteiger partial charge >= 0.3 is 11.9 Å². The van der Waals surface area contributed by atoms with Crippen LogP contribution < -0.4 is 0 Å². The van der Waals surface area contributed by atoms with E-state index in [1.165, 1.54) is 218 Å². The van der Waals surface area contributed by atoms with E-state index in [1.54, 1.807) is 0 Å². The van der Waals surface area contributed by atoms with Crippen molar-refractivity contribution >= 4 is 11.9 Å². The summed E-state index contributed by atoms with van der Waals surface area (Å²) in [6.45, 7) is 2.68. The Morgan fingerprint density at radius 1 is 0.359 bits per heavy atom. The second-order valence-corrected chi connectivity index (χ2v) is 23.3. The van der Waals surface area contributed by atoms with Gasteiger partial charge in [-0.1, -0.05) is 271 Å². The van der Waals surface area contributed by atoms with Crippen LogP contribution >= 0.6 is 0 Å². The van der Waals surface area contributed by atoms with Crippen molar-refractivity contribution < 1.29 is 73.8 Å². The average molecular weight is 1120 g/mol. The Hall–Kier alpha value is -1.50. The van der Waals surface area contributed by atoms with Gasteiger partial charge in [-0.15, -0.1) is 0 Å². The number of aliphatic hydroxyl groups excluding tert-OH is 7. The van der Waals surface area contributed by atoms with Crippen LogP contribution in [-0.4, -0.2) is 142 Å². The highest BCUT2D eigenvalue weighted by atomic mass is 16.7. The Balaban J connectivity index is 1.69. The third kappa shape index (κ3) is 36.2. The molecule has 4 unspecified atom stereocenters. The van der Waals surface area contributed by atoms with E-state index >= 15 is 0 Å². The Labute approximate surface area is 474 Å². The van der Waals surface area contributed by atoms with E-state index in [2.05, 4.69) is 13.8 Å². The fraction of sp³-hybridized carbons (Fsp3) is 0.968. The Morgan fingerprint density at radius 2 is 0.654 bits per heavy atom. The molecule has 0 saturated carbocycles. The van der Waals surface area contributed by atoms with Crippen molar-refractivity contribution in [2.24, 2.45) is 0 Å². The van der Waals surface area contributed by atoms with Crippen molar-refractivity contribution in [2.45, 2.75) is 364 Å². The van der Waals surface area contributed by atoms with Crippen molar-refractivity contribution in [1.29, 1.82) is 0 Å². The number of rotatable bonds is 54. The fourth-order valence-corrected chi connectivity index (χ4v) is 10.8. The minimum atomic E-state index is -1.76. The topological polar surface area (TPSA) is 231 Å². The maximum atomic E-state index is 13.1. The average Bonchev–Trinajstić information content (AvgIpc) is 3.44. The highest BCUT2D eigenvalue weighted by Crippen LogP contribution is 2.27. The molecule has 78 heavy (non-hydrogen) atoms. The molecule has 462 valence electrons. The van der Waals surface area contributed by atoms with Crippen LogP contribution in [0.3, 0.4) is 0 Å². The zero-order valence-electron chi connectivity index (χ0n) is 49.7. The van der Waals surface area contributed by atoms with Gasteiger partial charge in [0.1, 0.15) is 55.4 Å². The minimum Gasteiger partial charge on any atom is -0.462 e. The van der Waals surface area contributed by atoms with Crippen molar-refractivity contribution in [1.82, 2.24) is 0 Å². The maximum Gasteiger partial charge on any atom is 0.306 e. The van der Waals surface area contributed by atoms with Crippen molar-refractivity contribution in [2.75, 3.05) is 26.4 Å². The predicted molar refractivity (Wildman–Crippen MR) is 308 cm³/mol. The predicted octanol–water partition coefficient (Wildman–Crippen LogP) is 12.3. The summed E-state index contributed by atoms with van der Waals surface area (Å²) >= 11 is 0. The molecule has 0 aromatic rings. The molecule has 0 aliphatic carbocycles. The molecule has 11 atom stereocenters. The van der Waals surface area contributed by atoms with Gasteiger partial charge in [-0.05, 0) is 12.8 Å². The molecule has 15 heteroatoms. The SMILES string of the molecule is CCCCCCCCCCCCCCCCCCCCCCCCC(=O)O[C@H](COC(=O)CCCCCCCCCCCCCCCCCCCCCC)CO[C@H]1O[C@@H](CO[C@H]2O[C@@H](CO)[C@@H](O)C(O)C2O)[C@@H](O)C(O)C1O. The molecule has 0 amide bonds. The van der Waals surface area contributed by atoms with Crippen molar-refractivity contribution in [3.05, 3.63) is 0 Å². The molecule has 2 saturated heterocycles. The molecule has 0 radical (unpaired) electrons. The lowest BCUT2D eigenvalue weighted by atomic mass is 9.98. The van der Waals surface area contributed by atoms with Crippen LogP contribution in [0.4, 0.5) is 0 Å². The maximum absolute atomic E-state index is 13.1. The molecule has 2 fully saturated rings. The summed E-state index contributed by atoms with van der Waals surface area (Å²) in [7, 11) is 0. The highest BCUT2D eigenvalue weighted by molar-refractivity contribution is 5.70. The van der Waals surface area contributed by atoms with Gasteiger partial charge in [0.05, 0.1) is 19.8 Å². The number of aliphatic hydroxyl groups is 7. The first-order valence-corrected chi connectivity index (χ1v) is 32.6. The number of carbonyl (C=O) groups excluding carboxylic acids is 2. The van der Waals surface area contributed by atoms with Gasteiger partial charge in [0.15, 0.2) is 18.7 Å². The van der Waals surface area contributed by atoms with Crippen LogP contribution in [0.1, 0.15) is 296 Å². The number of unbranched alkanes of at least 4 members (excludes halogenated alkanes) is 40. The summed E-state index contributed by atoms with van der Waals surface area (Å²) in [6.07, 6.45) is 37.0. The summed E-state index contributed by atoms with van der Waals surface area (Å²) in [5.41, 5.74) is 0. The summed E-state index contributed by atoms with van der Waals surface area (Å²) in [5, 5.41) is 72.4. The molecule has 0 aromatic carbocycles. The quantitative estimate of drug-likeness (QED) is 0.0222. The fourth-order valence-electron chi connectivity index (χ4n) is 10.8. The molecular weight excluding hydrogens is 997 g/mol. The number of carbonyl (C=O) groups is 2. The summed E-state index contributed by atoms with van der Waals surface area (Å²) < 4.78 is 33.8. The van der Waals surface area contributed by atoms with Crippen LogP contribution in [-0.2, 0) is 38.0 Å². The zero-order valence-corrected chi connectivity index (χ0v) is 49.7. The Kier molecular flexibility index (Phi) is 46.6. The molecule has 7 N–H and O–H groups in total. The number of ether oxygens (including phenoxy) is 6. The lowest BCUT2D eigenvalue weighted by molar-refractivity contribution is -0.332. The second-order valence-electron chi connectivity index (χ2n) is 23.3. The van der Waals surface area contributed by atoms with Gasteiger partial charge in [-0.3, -0.25) is 9.59 Å². The van der Waals surface area contributed by atoms with Gasteiger partial charge in [-0.2, -0.15) is 0 Å². The minimum absolute atomic E-state index is 0.174. The van der Waals surface area contributed by atoms with Crippen LogP contribution in [0.5, 0.6) is 0 Å². The summed E-state index contributed by atoms with van der Waals surface area (Å²) in [4.78, 5) is 26.0. The van der Waals surface area contributed by atoms with E-state index in [9.17, 15) is 45.3 Å². The molecular formula is C63H120O15. The standard InChI is InChI=1S/C63H120O15/c1-3-5-7-9-11-13-15-17-19-21-23-25-26-28-30-32-34-36-38-40-42-44-46-55(66)76-51(48-73-54(65)45-43-41-39-37-35-33-31-29-27-24-22-20-18-16-14-12-10-8-6-4-2)49-74-62-61(72)59(70)57(68)53(78-62)50-75-63-60(71)58(69)56(67)52(47-64)77-63/h51-53,56-64,67-72H,3-50H2,1-2H3/t51-,52+,53+,56-,57-,58?,59?,60?,61?,62+,63+/m1/s1. The van der Waals surface area contributed by atoms with Gasteiger partial charge in [0.25, 0.3) is 0 Å². The van der Waals surface area contributed by atoms with E-state index in [-0.39, 0.29) is 26.1 Å². The molecule has 0 bridgehead atoms. The van der Waals surface area contributed by atoms with Crippen LogP contribution in [0, 0.1) is 0 Å². The number of hydrogen-bond acceptors (Lipinski definition) is 15. The van der Waals surface area contributed by atoms with E-state index in [1.807, 2.05) is 0 Å². The highest BCUT2D eigenvalue weighted by Gasteiger charge is 2.47. The van der Waals surface area contributed by atoms with E-state index in [4.69, 9.17) is 28.4 Å². The third-order valence-corrected chi connectivity index (χ3v) is 16.1. The first kappa shape index (κ1) is 72.6. The van der Waals surface area contributed by atoms with Crippen molar-refractivity contribution in [3.8, 4) is 0 Å². The summed E-state index contributed by atoms with van der Waals surface area (Å²) in [6, 6.07) is 0. The first-order chi connectivity index (χ1) is 38.0. The number of hydrogen-bond donors (Lipinski definition) is 7. The zero-order chi connectivity index (χ0) is 56.7. The molecule has 15 nitrogen and oxygen atoms in total. The molecule has 0 spiro atoms. The van der Waals surface area contributed by atoms with Gasteiger partial charge in [0.2, 0.25) is 0 Å². The normalized spacial score (nSPS) is 23.9. The third-order valence-electron chi connectivity index (χ3n) is 16.1. The van der Waals surface area contributed by atoms with E-state index < -0.39 is 92.7 Å². The van der Waals surface area contributed by atoms with Gasteiger partial charge < -0.3 is 64.2 Å². The molecule has 0 aromatic heterocycles. The lowest BCUT2D eigenvalue weighted by Gasteiger charge is -2.42. The molecule has 2 aliphatic rings. The van der Waals surface area contributed by atoms with Crippen LogP contribution in [0.2, 0.25) is 0 Å². The smallest absolute Gasteiger partial charge is 0.306 e. The molecule has 2 aliphatic heterocycles.